The zero-order valence-corrected chi connectivity index (χ0v) is 14.8. The van der Waals surface area contributed by atoms with Gasteiger partial charge >= 0.3 is 0 Å². The number of furan rings is 1. The smallest absolute Gasteiger partial charge is 0.289 e. The first-order chi connectivity index (χ1) is 12.1. The minimum atomic E-state index is -0.142. The average Bonchev–Trinajstić information content (AvgIpc) is 3.30. The number of carbonyl (C=O) groups excluding carboxylic acids is 2. The van der Waals surface area contributed by atoms with Crippen LogP contribution in [0.4, 0.5) is 0 Å². The van der Waals surface area contributed by atoms with Crippen molar-refractivity contribution in [3.05, 3.63) is 58.3 Å². The minimum absolute atomic E-state index is 0.0729. The summed E-state index contributed by atoms with van der Waals surface area (Å²) in [7, 11) is 0. The molecule has 1 aliphatic heterocycles. The summed E-state index contributed by atoms with van der Waals surface area (Å²) in [6.45, 7) is 1.92. The SMILES string of the molecule is O=C(c1ccco1)N1CCN(C(=O)c2sc3ccccc3c2Cl)CC1. The van der Waals surface area contributed by atoms with Crippen LogP contribution < -0.4 is 0 Å². The van der Waals surface area contributed by atoms with E-state index in [1.54, 1.807) is 21.9 Å². The van der Waals surface area contributed by atoms with Gasteiger partial charge in [-0.2, -0.15) is 0 Å². The summed E-state index contributed by atoms with van der Waals surface area (Å²) in [5.41, 5.74) is 0. The predicted octanol–water partition coefficient (Wildman–Crippen LogP) is 3.75. The maximum atomic E-state index is 12.8. The van der Waals surface area contributed by atoms with E-state index in [0.717, 1.165) is 10.1 Å². The Morgan fingerprint density at radius 2 is 1.64 bits per heavy atom. The number of hydrogen-bond acceptors (Lipinski definition) is 4. The van der Waals surface area contributed by atoms with Crippen LogP contribution in [-0.2, 0) is 0 Å². The zero-order chi connectivity index (χ0) is 17.4. The van der Waals surface area contributed by atoms with E-state index in [1.165, 1.54) is 17.6 Å². The van der Waals surface area contributed by atoms with E-state index in [2.05, 4.69) is 0 Å². The second-order valence-corrected chi connectivity index (χ2v) is 7.23. The molecule has 0 unspecified atom stereocenters. The van der Waals surface area contributed by atoms with Crippen LogP contribution in [0.1, 0.15) is 20.2 Å². The van der Waals surface area contributed by atoms with Gasteiger partial charge in [-0.05, 0) is 18.2 Å². The number of carbonyl (C=O) groups is 2. The van der Waals surface area contributed by atoms with Crippen LogP contribution in [-0.4, -0.2) is 47.8 Å². The number of amides is 2. The largest absolute Gasteiger partial charge is 0.459 e. The molecule has 0 atom stereocenters. The molecule has 1 aliphatic rings. The second-order valence-electron chi connectivity index (χ2n) is 5.80. The van der Waals surface area contributed by atoms with E-state index in [0.29, 0.717) is 41.8 Å². The summed E-state index contributed by atoms with van der Waals surface area (Å²) in [6.07, 6.45) is 1.48. The minimum Gasteiger partial charge on any atom is -0.459 e. The molecule has 3 aromatic rings. The summed E-state index contributed by atoms with van der Waals surface area (Å²) in [5.74, 6) is 0.112. The van der Waals surface area contributed by atoms with Gasteiger partial charge in [0.05, 0.1) is 11.3 Å². The highest BCUT2D eigenvalue weighted by molar-refractivity contribution is 7.21. The van der Waals surface area contributed by atoms with Gasteiger partial charge in [0.25, 0.3) is 11.8 Å². The van der Waals surface area contributed by atoms with Crippen LogP contribution in [0, 0.1) is 0 Å². The highest BCUT2D eigenvalue weighted by Gasteiger charge is 2.28. The normalized spacial score (nSPS) is 14.9. The Labute approximate surface area is 153 Å². The first-order valence-electron chi connectivity index (χ1n) is 7.94. The number of piperazine rings is 1. The molecule has 1 fully saturated rings. The Hall–Kier alpha value is -2.31. The Kier molecular flexibility index (Phi) is 4.23. The molecule has 0 N–H and O–H groups in total. The molecule has 4 rings (SSSR count). The predicted molar refractivity (Wildman–Crippen MR) is 97.4 cm³/mol. The molecule has 7 heteroatoms. The number of halogens is 1. The number of fused-ring (bicyclic) bond motifs is 1. The van der Waals surface area contributed by atoms with Crippen molar-refractivity contribution in [1.82, 2.24) is 9.80 Å². The van der Waals surface area contributed by atoms with Gasteiger partial charge in [0, 0.05) is 36.3 Å². The third-order valence-corrected chi connectivity index (χ3v) is 5.98. The van der Waals surface area contributed by atoms with Gasteiger partial charge in [0.1, 0.15) is 4.88 Å². The Balaban J connectivity index is 1.47. The first kappa shape index (κ1) is 16.2. The van der Waals surface area contributed by atoms with Gasteiger partial charge in [0.15, 0.2) is 5.76 Å². The van der Waals surface area contributed by atoms with Crippen molar-refractivity contribution in [3.63, 3.8) is 0 Å². The van der Waals surface area contributed by atoms with E-state index >= 15 is 0 Å². The summed E-state index contributed by atoms with van der Waals surface area (Å²) in [4.78, 5) is 29.1. The van der Waals surface area contributed by atoms with Crippen molar-refractivity contribution in [1.29, 1.82) is 0 Å². The lowest BCUT2D eigenvalue weighted by Crippen LogP contribution is -2.50. The van der Waals surface area contributed by atoms with Crippen LogP contribution in [0.25, 0.3) is 10.1 Å². The maximum absolute atomic E-state index is 12.8. The molecule has 1 aromatic carbocycles. The van der Waals surface area contributed by atoms with Crippen molar-refractivity contribution in [2.24, 2.45) is 0 Å². The quantitative estimate of drug-likeness (QED) is 0.686. The molecule has 128 valence electrons. The molecule has 3 heterocycles. The third kappa shape index (κ3) is 2.92. The van der Waals surface area contributed by atoms with Crippen LogP contribution in [0.5, 0.6) is 0 Å². The van der Waals surface area contributed by atoms with Crippen molar-refractivity contribution >= 4 is 44.8 Å². The van der Waals surface area contributed by atoms with E-state index in [9.17, 15) is 9.59 Å². The average molecular weight is 375 g/mol. The van der Waals surface area contributed by atoms with Crippen molar-refractivity contribution in [3.8, 4) is 0 Å². The lowest BCUT2D eigenvalue weighted by molar-refractivity contribution is 0.0520. The van der Waals surface area contributed by atoms with Crippen molar-refractivity contribution < 1.29 is 14.0 Å². The topological polar surface area (TPSA) is 53.8 Å². The van der Waals surface area contributed by atoms with Gasteiger partial charge in [-0.1, -0.05) is 29.8 Å². The number of hydrogen-bond donors (Lipinski definition) is 0. The fourth-order valence-corrected chi connectivity index (χ4v) is 4.44. The zero-order valence-electron chi connectivity index (χ0n) is 13.3. The molecule has 2 amide bonds. The highest BCUT2D eigenvalue weighted by Crippen LogP contribution is 2.36. The third-order valence-electron chi connectivity index (χ3n) is 4.32. The first-order valence-corrected chi connectivity index (χ1v) is 9.13. The van der Waals surface area contributed by atoms with E-state index in [-0.39, 0.29) is 11.8 Å². The molecule has 0 bridgehead atoms. The van der Waals surface area contributed by atoms with Crippen LogP contribution >= 0.6 is 22.9 Å². The lowest BCUT2D eigenvalue weighted by atomic mass is 10.2. The molecule has 1 saturated heterocycles. The molecule has 2 aromatic heterocycles. The number of rotatable bonds is 2. The number of benzene rings is 1. The molecule has 25 heavy (non-hydrogen) atoms. The van der Waals surface area contributed by atoms with Crippen molar-refractivity contribution in [2.75, 3.05) is 26.2 Å². The highest BCUT2D eigenvalue weighted by atomic mass is 35.5. The Morgan fingerprint density at radius 3 is 2.28 bits per heavy atom. The van der Waals surface area contributed by atoms with E-state index < -0.39 is 0 Å². The maximum Gasteiger partial charge on any atom is 0.289 e. The molecule has 0 saturated carbocycles. The fourth-order valence-electron chi connectivity index (χ4n) is 2.96. The monoisotopic (exact) mass is 374 g/mol. The summed E-state index contributed by atoms with van der Waals surface area (Å²) >= 11 is 7.82. The van der Waals surface area contributed by atoms with Gasteiger partial charge < -0.3 is 14.2 Å². The Bertz CT molecular complexity index is 927. The van der Waals surface area contributed by atoms with Gasteiger partial charge in [-0.3, -0.25) is 9.59 Å². The molecule has 0 radical (unpaired) electrons. The molecule has 5 nitrogen and oxygen atoms in total. The van der Waals surface area contributed by atoms with E-state index in [4.69, 9.17) is 16.0 Å². The number of thiophene rings is 1. The summed E-state index contributed by atoms with van der Waals surface area (Å²) in [5, 5.41) is 1.42. The Morgan fingerprint density at radius 1 is 0.960 bits per heavy atom. The summed E-state index contributed by atoms with van der Waals surface area (Å²) in [6, 6.07) is 11.1. The molecular formula is C18H15ClN2O3S. The summed E-state index contributed by atoms with van der Waals surface area (Å²) < 4.78 is 6.16. The van der Waals surface area contributed by atoms with Crippen molar-refractivity contribution in [2.45, 2.75) is 0 Å². The molecule has 0 aliphatic carbocycles. The molecular weight excluding hydrogens is 360 g/mol. The molecule has 0 spiro atoms. The fraction of sp³-hybridized carbons (Fsp3) is 0.222. The van der Waals surface area contributed by atoms with Gasteiger partial charge in [-0.25, -0.2) is 0 Å². The van der Waals surface area contributed by atoms with Gasteiger partial charge in [-0.15, -0.1) is 11.3 Å². The van der Waals surface area contributed by atoms with Crippen LogP contribution in [0.2, 0.25) is 5.02 Å². The van der Waals surface area contributed by atoms with E-state index in [1.807, 2.05) is 24.3 Å². The number of nitrogens with zero attached hydrogens (tertiary/aromatic N) is 2. The standard InChI is InChI=1S/C18H15ClN2O3S/c19-15-12-4-1-2-6-14(12)25-16(15)18(23)21-9-7-20(8-10-21)17(22)13-5-3-11-24-13/h1-6,11H,7-10H2. The lowest BCUT2D eigenvalue weighted by Gasteiger charge is -2.34. The second kappa shape index (κ2) is 6.54. The van der Waals surface area contributed by atoms with Crippen LogP contribution in [0.15, 0.2) is 47.1 Å². The van der Waals surface area contributed by atoms with Crippen LogP contribution in [0.3, 0.4) is 0 Å². The van der Waals surface area contributed by atoms with Gasteiger partial charge in [0.2, 0.25) is 0 Å².